The molecule has 1 aromatic heterocycles. The van der Waals surface area contributed by atoms with E-state index in [4.69, 9.17) is 4.74 Å². The first-order chi connectivity index (χ1) is 10.2. The van der Waals surface area contributed by atoms with Crippen LogP contribution in [-0.4, -0.2) is 45.3 Å². The van der Waals surface area contributed by atoms with Gasteiger partial charge in [0.25, 0.3) is 0 Å². The van der Waals surface area contributed by atoms with Gasteiger partial charge in [-0.05, 0) is 6.42 Å². The van der Waals surface area contributed by atoms with E-state index >= 15 is 0 Å². The number of carbonyl (C=O) groups is 2. The molecule has 3 rings (SSSR count). The van der Waals surface area contributed by atoms with Crippen molar-refractivity contribution in [3.05, 3.63) is 30.9 Å². The molecule has 0 unspecified atom stereocenters. The molecular weight excluding hydrogens is 274 g/mol. The summed E-state index contributed by atoms with van der Waals surface area (Å²) in [6.07, 6.45) is 8.66. The number of nitrogens with zero attached hydrogens (tertiary/aromatic N) is 2. The van der Waals surface area contributed by atoms with Crippen LogP contribution in [0.25, 0.3) is 0 Å². The highest BCUT2D eigenvalue weighted by atomic mass is 16.5. The average Bonchev–Trinajstić information content (AvgIpc) is 3.18. The third-order valence-electron chi connectivity index (χ3n) is 3.94. The highest BCUT2D eigenvalue weighted by molar-refractivity contribution is 5.87. The van der Waals surface area contributed by atoms with Gasteiger partial charge in [-0.2, -0.15) is 0 Å². The quantitative estimate of drug-likeness (QED) is 0.570. The lowest BCUT2D eigenvalue weighted by molar-refractivity contribution is -0.146. The summed E-state index contributed by atoms with van der Waals surface area (Å²) in [7, 11) is 0. The molecule has 112 valence electrons. The largest absolute Gasteiger partial charge is 0.481 e. The molecule has 1 fully saturated rings. The molecule has 1 saturated heterocycles. The summed E-state index contributed by atoms with van der Waals surface area (Å²) < 4.78 is 7.41. The summed E-state index contributed by atoms with van der Waals surface area (Å²) in [5, 5.41) is 12.1. The number of aryl methyl sites for hydroxylation is 1. The third kappa shape index (κ3) is 2.69. The zero-order valence-corrected chi connectivity index (χ0v) is 11.4. The molecule has 7 heteroatoms. The van der Waals surface area contributed by atoms with E-state index in [0.717, 1.165) is 13.0 Å². The van der Waals surface area contributed by atoms with Gasteiger partial charge in [0.2, 0.25) is 5.91 Å². The molecule has 1 amide bonds. The van der Waals surface area contributed by atoms with Gasteiger partial charge in [-0.1, -0.05) is 12.2 Å². The topological polar surface area (TPSA) is 93.4 Å². The SMILES string of the molecule is O=C(O)[C@@H]1[C@@H](C(=O)NCCCn2ccnc2)[C@H]2C=C[C@@H]1O2. The van der Waals surface area contributed by atoms with E-state index in [1.807, 2.05) is 10.8 Å². The molecule has 0 aromatic carbocycles. The molecule has 0 aliphatic carbocycles. The minimum Gasteiger partial charge on any atom is -0.481 e. The summed E-state index contributed by atoms with van der Waals surface area (Å²) in [5.41, 5.74) is 0. The number of hydrogen-bond donors (Lipinski definition) is 2. The van der Waals surface area contributed by atoms with E-state index in [0.29, 0.717) is 6.54 Å². The molecule has 0 saturated carbocycles. The number of rotatable bonds is 6. The normalized spacial score (nSPS) is 29.7. The van der Waals surface area contributed by atoms with Crippen molar-refractivity contribution >= 4 is 11.9 Å². The molecular formula is C14H17N3O4. The van der Waals surface area contributed by atoms with Gasteiger partial charge in [0.05, 0.1) is 24.5 Å². The number of carboxylic acid groups (broad SMARTS) is 1. The maximum absolute atomic E-state index is 12.2. The Kier molecular flexibility index (Phi) is 3.74. The second-order valence-electron chi connectivity index (χ2n) is 5.29. The maximum atomic E-state index is 12.2. The van der Waals surface area contributed by atoms with Crippen LogP contribution in [0.15, 0.2) is 30.9 Å². The molecule has 2 aliphatic heterocycles. The molecule has 4 atom stereocenters. The fourth-order valence-electron chi connectivity index (χ4n) is 2.93. The van der Waals surface area contributed by atoms with Gasteiger partial charge in [0, 0.05) is 25.5 Å². The van der Waals surface area contributed by atoms with Gasteiger partial charge >= 0.3 is 5.97 Å². The van der Waals surface area contributed by atoms with E-state index in [1.54, 1.807) is 24.7 Å². The Balaban J connectivity index is 1.51. The Morgan fingerprint density at radius 3 is 2.71 bits per heavy atom. The lowest BCUT2D eigenvalue weighted by Gasteiger charge is -2.20. The van der Waals surface area contributed by atoms with Crippen molar-refractivity contribution in [2.24, 2.45) is 11.8 Å². The highest BCUT2D eigenvalue weighted by Gasteiger charge is 2.53. The summed E-state index contributed by atoms with van der Waals surface area (Å²) in [4.78, 5) is 27.4. The fraction of sp³-hybridized carbons (Fsp3) is 0.500. The Morgan fingerprint density at radius 1 is 1.29 bits per heavy atom. The number of nitrogens with one attached hydrogen (secondary N) is 1. The van der Waals surface area contributed by atoms with Crippen LogP contribution in [0.4, 0.5) is 0 Å². The standard InChI is InChI=1S/C14H17N3O4/c18-13(16-4-1-6-17-7-5-15-8-17)11-9-2-3-10(21-9)12(11)14(19)20/h2-3,5,7-12H,1,4,6H2,(H,16,18)(H,19,20)/t9-,10+,11+,12+/m1/s1. The predicted octanol–water partition coefficient (Wildman–Crippen LogP) is 0.0436. The Bertz CT molecular complexity index is 555. The zero-order chi connectivity index (χ0) is 14.8. The number of fused-ring (bicyclic) bond motifs is 2. The number of amides is 1. The molecule has 2 N–H and O–H groups in total. The van der Waals surface area contributed by atoms with Crippen molar-refractivity contribution in [1.82, 2.24) is 14.9 Å². The number of carbonyl (C=O) groups excluding carboxylic acids is 1. The number of carboxylic acids is 1. The molecule has 21 heavy (non-hydrogen) atoms. The second-order valence-corrected chi connectivity index (χ2v) is 5.29. The number of hydrogen-bond acceptors (Lipinski definition) is 4. The van der Waals surface area contributed by atoms with Gasteiger partial charge in [0.1, 0.15) is 5.92 Å². The van der Waals surface area contributed by atoms with E-state index in [-0.39, 0.29) is 5.91 Å². The molecule has 1 aromatic rings. The number of aromatic nitrogens is 2. The first kappa shape index (κ1) is 13.8. The van der Waals surface area contributed by atoms with Crippen LogP contribution in [0.2, 0.25) is 0 Å². The lowest BCUT2D eigenvalue weighted by atomic mass is 9.82. The van der Waals surface area contributed by atoms with E-state index in [9.17, 15) is 14.7 Å². The summed E-state index contributed by atoms with van der Waals surface area (Å²) in [6.45, 7) is 1.26. The molecule has 0 radical (unpaired) electrons. The van der Waals surface area contributed by atoms with Crippen LogP contribution in [0.1, 0.15) is 6.42 Å². The van der Waals surface area contributed by atoms with Gasteiger partial charge in [-0.3, -0.25) is 9.59 Å². The fourth-order valence-corrected chi connectivity index (χ4v) is 2.93. The van der Waals surface area contributed by atoms with Crippen LogP contribution < -0.4 is 5.32 Å². The van der Waals surface area contributed by atoms with Crippen molar-refractivity contribution in [3.8, 4) is 0 Å². The van der Waals surface area contributed by atoms with Crippen LogP contribution in [0.5, 0.6) is 0 Å². The van der Waals surface area contributed by atoms with Crippen molar-refractivity contribution in [2.45, 2.75) is 25.2 Å². The van der Waals surface area contributed by atoms with Crippen molar-refractivity contribution < 1.29 is 19.4 Å². The smallest absolute Gasteiger partial charge is 0.310 e. The Morgan fingerprint density at radius 2 is 2.05 bits per heavy atom. The predicted molar refractivity (Wildman–Crippen MR) is 72.3 cm³/mol. The molecule has 0 spiro atoms. The zero-order valence-electron chi connectivity index (χ0n) is 11.4. The minimum absolute atomic E-state index is 0.245. The second kappa shape index (κ2) is 5.69. The first-order valence-corrected chi connectivity index (χ1v) is 6.97. The summed E-state index contributed by atoms with van der Waals surface area (Å²) in [6, 6.07) is 0. The monoisotopic (exact) mass is 291 g/mol. The van der Waals surface area contributed by atoms with Crippen molar-refractivity contribution in [1.29, 1.82) is 0 Å². The van der Waals surface area contributed by atoms with Crippen molar-refractivity contribution in [2.75, 3.05) is 6.54 Å². The highest BCUT2D eigenvalue weighted by Crippen LogP contribution is 2.39. The van der Waals surface area contributed by atoms with Crippen LogP contribution >= 0.6 is 0 Å². The molecule has 2 bridgehead atoms. The molecule has 7 nitrogen and oxygen atoms in total. The number of aliphatic carboxylic acids is 1. The van der Waals surface area contributed by atoms with Crippen LogP contribution in [0.3, 0.4) is 0 Å². The summed E-state index contributed by atoms with van der Waals surface area (Å²) in [5.74, 6) is -2.64. The van der Waals surface area contributed by atoms with E-state index < -0.39 is 30.0 Å². The maximum Gasteiger partial charge on any atom is 0.310 e. The average molecular weight is 291 g/mol. The molecule has 3 heterocycles. The third-order valence-corrected chi connectivity index (χ3v) is 3.94. The van der Waals surface area contributed by atoms with Crippen LogP contribution in [0, 0.1) is 11.8 Å². The Labute approximate surface area is 121 Å². The molecule has 2 aliphatic rings. The van der Waals surface area contributed by atoms with Crippen molar-refractivity contribution in [3.63, 3.8) is 0 Å². The summed E-state index contributed by atoms with van der Waals surface area (Å²) >= 11 is 0. The first-order valence-electron chi connectivity index (χ1n) is 6.97. The number of imidazole rings is 1. The number of ether oxygens (including phenoxy) is 1. The Hall–Kier alpha value is -2.15. The van der Waals surface area contributed by atoms with Gasteiger partial charge in [-0.15, -0.1) is 0 Å². The van der Waals surface area contributed by atoms with E-state index in [1.165, 1.54) is 0 Å². The van der Waals surface area contributed by atoms with Gasteiger partial charge in [0.15, 0.2) is 0 Å². The minimum atomic E-state index is -0.981. The van der Waals surface area contributed by atoms with E-state index in [2.05, 4.69) is 10.3 Å². The van der Waals surface area contributed by atoms with Crippen LogP contribution in [-0.2, 0) is 20.9 Å². The van der Waals surface area contributed by atoms with Gasteiger partial charge < -0.3 is 19.7 Å². The lowest BCUT2D eigenvalue weighted by Crippen LogP contribution is -2.42. The van der Waals surface area contributed by atoms with Gasteiger partial charge in [-0.25, -0.2) is 4.98 Å².